The maximum Gasteiger partial charge on any atom is 0.144 e. The van der Waals surface area contributed by atoms with E-state index >= 15 is 0 Å². The van der Waals surface area contributed by atoms with Gasteiger partial charge in [0, 0.05) is 6.20 Å². The molecule has 0 fully saturated rings. The van der Waals surface area contributed by atoms with E-state index < -0.39 is 11.4 Å². The van der Waals surface area contributed by atoms with Crippen molar-refractivity contribution in [2.24, 2.45) is 4.40 Å². The highest BCUT2D eigenvalue weighted by atomic mass is 32.2. The van der Waals surface area contributed by atoms with Gasteiger partial charge in [-0.1, -0.05) is 10.5 Å². The van der Waals surface area contributed by atoms with Gasteiger partial charge in [0.15, 0.2) is 0 Å². The third-order valence-corrected chi connectivity index (χ3v) is 3.08. The van der Waals surface area contributed by atoms with Crippen molar-refractivity contribution in [2.45, 2.75) is 32.4 Å². The minimum atomic E-state index is -1.21. The van der Waals surface area contributed by atoms with Gasteiger partial charge in [-0.3, -0.25) is 4.98 Å². The van der Waals surface area contributed by atoms with Crippen LogP contribution in [0.1, 0.15) is 32.0 Å². The molecule has 0 aliphatic heterocycles. The molecule has 0 saturated carbocycles. The van der Waals surface area contributed by atoms with Crippen molar-refractivity contribution in [2.75, 3.05) is 0 Å². The molecule has 15 heavy (non-hydrogen) atoms. The Bertz CT molecular complexity index is 341. The highest BCUT2D eigenvalue weighted by Gasteiger charge is 2.25. The molecule has 1 aromatic heterocycles. The first-order valence-corrected chi connectivity index (χ1v) is 5.89. The average molecular weight is 224 g/mol. The summed E-state index contributed by atoms with van der Waals surface area (Å²) < 4.78 is 15.3. The van der Waals surface area contributed by atoms with Crippen molar-refractivity contribution in [3.8, 4) is 0 Å². The third-order valence-electron chi connectivity index (χ3n) is 1.74. The lowest BCUT2D eigenvalue weighted by molar-refractivity contribution is 0.562. The molecule has 0 N–H and O–H groups in total. The molecule has 1 heterocycles. The van der Waals surface area contributed by atoms with Gasteiger partial charge in [0.1, 0.15) is 22.3 Å². The van der Waals surface area contributed by atoms with Crippen LogP contribution in [0.2, 0.25) is 0 Å². The molecule has 0 amide bonds. The minimum Gasteiger partial charge on any atom is -0.591 e. The van der Waals surface area contributed by atoms with Gasteiger partial charge in [-0.05, 0) is 39.3 Å². The normalized spacial score (nSPS) is 14.5. The van der Waals surface area contributed by atoms with Crippen LogP contribution in [0.3, 0.4) is 0 Å². The quantitative estimate of drug-likeness (QED) is 0.571. The first-order valence-electron chi connectivity index (χ1n) is 4.78. The predicted octanol–water partition coefficient (Wildman–Crippen LogP) is 2.27. The number of aryl methyl sites for hydroxylation is 1. The molecular formula is C11H16N2OS. The lowest BCUT2D eigenvalue weighted by atomic mass is 10.3. The number of pyridine rings is 1. The molecule has 0 aliphatic carbocycles. The van der Waals surface area contributed by atoms with E-state index in [1.807, 2.05) is 39.8 Å². The van der Waals surface area contributed by atoms with E-state index in [-0.39, 0.29) is 4.75 Å². The summed E-state index contributed by atoms with van der Waals surface area (Å²) in [6.45, 7) is 7.65. The van der Waals surface area contributed by atoms with Crippen molar-refractivity contribution >= 4 is 17.6 Å². The Hall–Kier alpha value is -0.870. The molecule has 0 aliphatic rings. The van der Waals surface area contributed by atoms with E-state index in [1.54, 1.807) is 12.4 Å². The fraction of sp³-hybridized carbons (Fsp3) is 0.455. The standard InChI is InChI=1S/C11H16N2OS/c1-9-5-6-10(12-7-9)8-13-15(14)11(2,3)4/h5-8H,1-4H3/t15-/m0/s1. The summed E-state index contributed by atoms with van der Waals surface area (Å²) in [5, 5.41) is 0. The summed E-state index contributed by atoms with van der Waals surface area (Å²) in [4.78, 5) is 4.15. The summed E-state index contributed by atoms with van der Waals surface area (Å²) in [6.07, 6.45) is 3.32. The van der Waals surface area contributed by atoms with Gasteiger partial charge >= 0.3 is 0 Å². The Morgan fingerprint density at radius 1 is 1.40 bits per heavy atom. The van der Waals surface area contributed by atoms with E-state index in [9.17, 15) is 4.55 Å². The molecule has 0 bridgehead atoms. The Kier molecular flexibility index (Phi) is 3.88. The van der Waals surface area contributed by atoms with Crippen LogP contribution < -0.4 is 0 Å². The van der Waals surface area contributed by atoms with Crippen molar-refractivity contribution in [1.82, 2.24) is 4.98 Å². The molecule has 0 saturated heterocycles. The molecule has 1 atom stereocenters. The predicted molar refractivity (Wildman–Crippen MR) is 64.5 cm³/mol. The summed E-state index contributed by atoms with van der Waals surface area (Å²) in [7, 11) is 0. The zero-order valence-corrected chi connectivity index (χ0v) is 10.3. The van der Waals surface area contributed by atoms with Crippen LogP contribution in [0.25, 0.3) is 0 Å². The molecule has 0 aromatic carbocycles. The van der Waals surface area contributed by atoms with Crippen LogP contribution >= 0.6 is 0 Å². The third kappa shape index (κ3) is 4.01. The molecule has 0 radical (unpaired) electrons. The van der Waals surface area contributed by atoms with Crippen LogP contribution in [-0.4, -0.2) is 20.5 Å². The molecule has 1 rings (SSSR count). The summed E-state index contributed by atoms with van der Waals surface area (Å²) in [6, 6.07) is 3.81. The second kappa shape index (κ2) is 4.77. The Morgan fingerprint density at radius 3 is 2.53 bits per heavy atom. The molecule has 1 aromatic rings. The van der Waals surface area contributed by atoms with Gasteiger partial charge in [0.25, 0.3) is 0 Å². The topological polar surface area (TPSA) is 48.3 Å². The van der Waals surface area contributed by atoms with E-state index in [1.165, 1.54) is 0 Å². The first kappa shape index (κ1) is 12.2. The fourth-order valence-corrected chi connectivity index (χ4v) is 1.34. The lowest BCUT2D eigenvalue weighted by Crippen LogP contribution is -2.25. The Balaban J connectivity index is 2.70. The number of nitrogens with zero attached hydrogens (tertiary/aromatic N) is 2. The van der Waals surface area contributed by atoms with Gasteiger partial charge in [-0.15, -0.1) is 0 Å². The zero-order chi connectivity index (χ0) is 11.5. The second-order valence-electron chi connectivity index (χ2n) is 4.36. The maximum absolute atomic E-state index is 11.6. The second-order valence-corrected chi connectivity index (χ2v) is 6.29. The van der Waals surface area contributed by atoms with Gasteiger partial charge < -0.3 is 4.55 Å². The largest absolute Gasteiger partial charge is 0.591 e. The molecule has 3 nitrogen and oxygen atoms in total. The fourth-order valence-electron chi connectivity index (χ4n) is 0.816. The SMILES string of the molecule is Cc1ccc(C=N[S@@+]([O-])C(C)(C)C)nc1. The lowest BCUT2D eigenvalue weighted by Gasteiger charge is -2.17. The van der Waals surface area contributed by atoms with E-state index in [2.05, 4.69) is 9.38 Å². The monoisotopic (exact) mass is 224 g/mol. The van der Waals surface area contributed by atoms with Crippen LogP contribution in [0.15, 0.2) is 22.7 Å². The molecule has 0 spiro atoms. The molecule has 82 valence electrons. The molecular weight excluding hydrogens is 208 g/mol. The number of aromatic nitrogens is 1. The summed E-state index contributed by atoms with van der Waals surface area (Å²) >= 11 is -1.21. The van der Waals surface area contributed by atoms with Crippen molar-refractivity contribution in [3.63, 3.8) is 0 Å². The number of hydrogen-bond donors (Lipinski definition) is 0. The van der Waals surface area contributed by atoms with Gasteiger partial charge in [0.05, 0.1) is 5.69 Å². The van der Waals surface area contributed by atoms with Crippen LogP contribution in [-0.2, 0) is 11.4 Å². The summed E-state index contributed by atoms with van der Waals surface area (Å²) in [5.74, 6) is 0. The number of hydrogen-bond acceptors (Lipinski definition) is 3. The van der Waals surface area contributed by atoms with E-state index in [0.717, 1.165) is 11.3 Å². The Morgan fingerprint density at radius 2 is 2.07 bits per heavy atom. The maximum atomic E-state index is 11.6. The van der Waals surface area contributed by atoms with Crippen LogP contribution in [0.4, 0.5) is 0 Å². The van der Waals surface area contributed by atoms with Gasteiger partial charge in [0.2, 0.25) is 0 Å². The van der Waals surface area contributed by atoms with Crippen molar-refractivity contribution < 1.29 is 4.55 Å². The van der Waals surface area contributed by atoms with Crippen LogP contribution in [0, 0.1) is 6.92 Å². The van der Waals surface area contributed by atoms with Crippen LogP contribution in [0.5, 0.6) is 0 Å². The van der Waals surface area contributed by atoms with Crippen molar-refractivity contribution in [1.29, 1.82) is 0 Å². The highest BCUT2D eigenvalue weighted by Crippen LogP contribution is 2.16. The average Bonchev–Trinajstić information content (AvgIpc) is 2.15. The molecule has 4 heteroatoms. The zero-order valence-electron chi connectivity index (χ0n) is 9.52. The van der Waals surface area contributed by atoms with E-state index in [0.29, 0.717) is 0 Å². The van der Waals surface area contributed by atoms with Gasteiger partial charge in [-0.25, -0.2) is 0 Å². The van der Waals surface area contributed by atoms with Crippen molar-refractivity contribution in [3.05, 3.63) is 29.6 Å². The Labute approximate surface area is 94.0 Å². The smallest absolute Gasteiger partial charge is 0.144 e. The first-order chi connectivity index (χ1) is 6.89. The number of rotatable bonds is 2. The minimum absolute atomic E-state index is 0.318. The van der Waals surface area contributed by atoms with E-state index in [4.69, 9.17) is 0 Å². The molecule has 0 unspecified atom stereocenters. The van der Waals surface area contributed by atoms with Gasteiger partial charge in [-0.2, -0.15) is 0 Å². The highest BCUT2D eigenvalue weighted by molar-refractivity contribution is 7.91. The summed E-state index contributed by atoms with van der Waals surface area (Å²) in [5.41, 5.74) is 1.84.